The maximum Gasteiger partial charge on any atom is 0.142 e. The van der Waals surface area contributed by atoms with Crippen molar-refractivity contribution in [2.24, 2.45) is 0 Å². The van der Waals surface area contributed by atoms with Crippen molar-refractivity contribution >= 4 is 11.6 Å². The molecule has 1 aliphatic heterocycles. The highest BCUT2D eigenvalue weighted by Crippen LogP contribution is 2.30. The fourth-order valence-corrected chi connectivity index (χ4v) is 2.96. The Bertz CT molecular complexity index is 428. The lowest BCUT2D eigenvalue weighted by Gasteiger charge is -2.30. The van der Waals surface area contributed by atoms with Gasteiger partial charge in [-0.15, -0.1) is 0 Å². The lowest BCUT2D eigenvalue weighted by molar-refractivity contribution is 0.146. The molecule has 1 aromatic rings. The molecule has 0 saturated carbocycles. The molecule has 0 aromatic heterocycles. The number of halogens is 3. The Morgan fingerprint density at radius 2 is 2.21 bits per heavy atom. The van der Waals surface area contributed by atoms with Gasteiger partial charge in [-0.25, -0.2) is 8.78 Å². The average Bonchev–Trinajstić information content (AvgIpc) is 2.35. The van der Waals surface area contributed by atoms with Gasteiger partial charge in [-0.3, -0.25) is 0 Å². The van der Waals surface area contributed by atoms with E-state index in [1.807, 2.05) is 0 Å². The highest BCUT2D eigenvalue weighted by atomic mass is 35.5. The molecule has 1 fully saturated rings. The van der Waals surface area contributed by atoms with Gasteiger partial charge in [-0.1, -0.05) is 30.2 Å². The minimum atomic E-state index is -1.37. The third-order valence-corrected chi connectivity index (χ3v) is 4.10. The molecular formula is C15H20ClF2N. The second-order valence-corrected chi connectivity index (χ2v) is 6.03. The molecule has 106 valence electrons. The Hall–Kier alpha value is -0.670. The SMILES string of the molecule is CC(F)(Cc1cccc(F)c1Cl)CC1CCCCN1. The Balaban J connectivity index is 2.01. The fraction of sp³-hybridized carbons (Fsp3) is 0.600. The number of hydrogen-bond acceptors (Lipinski definition) is 1. The van der Waals surface area contributed by atoms with Crippen molar-refractivity contribution < 1.29 is 8.78 Å². The molecule has 1 aliphatic rings. The highest BCUT2D eigenvalue weighted by molar-refractivity contribution is 6.31. The lowest BCUT2D eigenvalue weighted by Crippen LogP contribution is -2.40. The summed E-state index contributed by atoms with van der Waals surface area (Å²) in [6, 6.07) is 4.78. The molecule has 1 aromatic carbocycles. The standard InChI is InChI=1S/C15H20ClF2N/c1-15(18,10-12-6-2-3-8-19-12)9-11-5-4-7-13(17)14(11)16/h4-5,7,12,19H,2-3,6,8-10H2,1H3. The second kappa shape index (κ2) is 6.19. The number of piperidine rings is 1. The molecule has 2 atom stereocenters. The van der Waals surface area contributed by atoms with Gasteiger partial charge in [-0.05, 0) is 44.4 Å². The van der Waals surface area contributed by atoms with Gasteiger partial charge in [-0.2, -0.15) is 0 Å². The van der Waals surface area contributed by atoms with E-state index in [1.165, 1.54) is 6.07 Å². The van der Waals surface area contributed by atoms with Crippen LogP contribution in [0.1, 0.15) is 38.2 Å². The molecule has 0 aliphatic carbocycles. The van der Waals surface area contributed by atoms with Gasteiger partial charge in [0.2, 0.25) is 0 Å². The molecule has 4 heteroatoms. The van der Waals surface area contributed by atoms with E-state index in [1.54, 1.807) is 19.1 Å². The van der Waals surface area contributed by atoms with Crippen LogP contribution >= 0.6 is 11.6 Å². The number of hydrogen-bond donors (Lipinski definition) is 1. The van der Waals surface area contributed by atoms with Gasteiger partial charge in [0.15, 0.2) is 0 Å². The predicted octanol–water partition coefficient (Wildman–Crippen LogP) is 4.28. The van der Waals surface area contributed by atoms with E-state index in [0.717, 1.165) is 25.8 Å². The summed E-state index contributed by atoms with van der Waals surface area (Å²) in [5, 5.41) is 3.38. The normalized spacial score (nSPS) is 23.1. The van der Waals surface area contributed by atoms with Crippen LogP contribution in [0.5, 0.6) is 0 Å². The van der Waals surface area contributed by atoms with Crippen molar-refractivity contribution in [3.63, 3.8) is 0 Å². The second-order valence-electron chi connectivity index (χ2n) is 5.65. The molecule has 1 nitrogen and oxygen atoms in total. The van der Waals surface area contributed by atoms with E-state index in [4.69, 9.17) is 11.6 Å². The summed E-state index contributed by atoms with van der Waals surface area (Å²) in [5.41, 5.74) is -0.825. The van der Waals surface area contributed by atoms with Crippen molar-refractivity contribution in [2.75, 3.05) is 6.54 Å². The van der Waals surface area contributed by atoms with Gasteiger partial charge in [0.1, 0.15) is 11.5 Å². The zero-order valence-electron chi connectivity index (χ0n) is 11.2. The number of nitrogens with one attached hydrogen (secondary N) is 1. The zero-order valence-corrected chi connectivity index (χ0v) is 11.9. The Labute approximate surface area is 118 Å². The molecule has 0 radical (unpaired) electrons. The van der Waals surface area contributed by atoms with Crippen LogP contribution in [0.15, 0.2) is 18.2 Å². The van der Waals surface area contributed by atoms with Crippen molar-refractivity contribution in [2.45, 2.75) is 50.7 Å². The maximum absolute atomic E-state index is 14.7. The fourth-order valence-electron chi connectivity index (χ4n) is 2.77. The maximum atomic E-state index is 14.7. The van der Waals surface area contributed by atoms with E-state index >= 15 is 0 Å². The van der Waals surface area contributed by atoms with Crippen LogP contribution in [0.25, 0.3) is 0 Å². The van der Waals surface area contributed by atoms with Crippen molar-refractivity contribution in [3.05, 3.63) is 34.6 Å². The quantitative estimate of drug-likeness (QED) is 0.871. The van der Waals surface area contributed by atoms with Crippen LogP contribution in [-0.2, 0) is 6.42 Å². The third kappa shape index (κ3) is 4.15. The van der Waals surface area contributed by atoms with Crippen LogP contribution in [-0.4, -0.2) is 18.3 Å². The summed E-state index contributed by atoms with van der Waals surface area (Å²) in [6.45, 7) is 2.53. The summed E-state index contributed by atoms with van der Waals surface area (Å²) in [7, 11) is 0. The molecule has 0 amide bonds. The number of alkyl halides is 1. The van der Waals surface area contributed by atoms with Crippen LogP contribution in [0.2, 0.25) is 5.02 Å². The van der Waals surface area contributed by atoms with Gasteiger partial charge in [0, 0.05) is 12.5 Å². The Kier molecular flexibility index (Phi) is 4.80. The van der Waals surface area contributed by atoms with Gasteiger partial charge >= 0.3 is 0 Å². The van der Waals surface area contributed by atoms with Crippen molar-refractivity contribution in [1.82, 2.24) is 5.32 Å². The topological polar surface area (TPSA) is 12.0 Å². The van der Waals surface area contributed by atoms with E-state index in [9.17, 15) is 8.78 Å². The summed E-state index contributed by atoms with van der Waals surface area (Å²) >= 11 is 5.88. The molecule has 0 bridgehead atoms. The lowest BCUT2D eigenvalue weighted by atomic mass is 9.88. The molecule has 2 unspecified atom stereocenters. The predicted molar refractivity (Wildman–Crippen MR) is 74.9 cm³/mol. The van der Waals surface area contributed by atoms with Crippen LogP contribution in [0.4, 0.5) is 8.78 Å². The Morgan fingerprint density at radius 3 is 2.89 bits per heavy atom. The molecule has 1 N–H and O–H groups in total. The van der Waals surface area contributed by atoms with Gasteiger partial charge < -0.3 is 5.32 Å². The minimum Gasteiger partial charge on any atom is -0.314 e. The summed E-state index contributed by atoms with van der Waals surface area (Å²) in [4.78, 5) is 0. The summed E-state index contributed by atoms with van der Waals surface area (Å²) in [6.07, 6.45) is 3.92. The van der Waals surface area contributed by atoms with E-state index < -0.39 is 11.5 Å². The molecule has 2 rings (SSSR count). The van der Waals surface area contributed by atoms with E-state index in [2.05, 4.69) is 5.32 Å². The van der Waals surface area contributed by atoms with Crippen LogP contribution in [0, 0.1) is 5.82 Å². The monoisotopic (exact) mass is 287 g/mol. The number of rotatable bonds is 4. The first-order chi connectivity index (χ1) is 8.98. The number of benzene rings is 1. The van der Waals surface area contributed by atoms with Crippen molar-refractivity contribution in [3.8, 4) is 0 Å². The van der Waals surface area contributed by atoms with Crippen LogP contribution in [0.3, 0.4) is 0 Å². The largest absolute Gasteiger partial charge is 0.314 e. The van der Waals surface area contributed by atoms with E-state index in [-0.39, 0.29) is 17.5 Å². The minimum absolute atomic E-state index is 0.0444. The smallest absolute Gasteiger partial charge is 0.142 e. The summed E-state index contributed by atoms with van der Waals surface area (Å²) in [5.74, 6) is -0.481. The first-order valence-corrected chi connectivity index (χ1v) is 7.21. The highest BCUT2D eigenvalue weighted by Gasteiger charge is 2.29. The average molecular weight is 288 g/mol. The zero-order chi connectivity index (χ0) is 13.9. The molecular weight excluding hydrogens is 268 g/mol. The van der Waals surface area contributed by atoms with Gasteiger partial charge in [0.05, 0.1) is 5.02 Å². The molecule has 1 heterocycles. The van der Waals surface area contributed by atoms with Crippen LogP contribution < -0.4 is 5.32 Å². The molecule has 19 heavy (non-hydrogen) atoms. The first-order valence-electron chi connectivity index (χ1n) is 6.83. The first kappa shape index (κ1) is 14.7. The summed E-state index contributed by atoms with van der Waals surface area (Å²) < 4.78 is 28.0. The van der Waals surface area contributed by atoms with E-state index in [0.29, 0.717) is 12.0 Å². The van der Waals surface area contributed by atoms with Crippen molar-refractivity contribution in [1.29, 1.82) is 0 Å². The Morgan fingerprint density at radius 1 is 1.42 bits per heavy atom. The third-order valence-electron chi connectivity index (χ3n) is 3.68. The van der Waals surface area contributed by atoms with Gasteiger partial charge in [0.25, 0.3) is 0 Å². The molecule has 0 spiro atoms. The molecule has 1 saturated heterocycles.